The lowest BCUT2D eigenvalue weighted by Gasteiger charge is -2.26. The van der Waals surface area contributed by atoms with Gasteiger partial charge in [0.1, 0.15) is 5.82 Å². The topological polar surface area (TPSA) is 44.9 Å². The molecule has 0 atom stereocenters. The molecule has 0 radical (unpaired) electrons. The van der Waals surface area contributed by atoms with E-state index in [0.717, 1.165) is 31.6 Å². The molecule has 0 unspecified atom stereocenters. The third kappa shape index (κ3) is 2.77. The number of hydrogen-bond donors (Lipinski definition) is 0. The summed E-state index contributed by atoms with van der Waals surface area (Å²) in [5.74, 6) is 1.65. The maximum absolute atomic E-state index is 8.86. The molecule has 0 saturated heterocycles. The molecule has 1 aromatic carbocycles. The SMILES string of the molecule is CC(C)c1nc2c(n1C)CCN(Cc1ccc(C#N)cc1)C2. The number of rotatable bonds is 3. The van der Waals surface area contributed by atoms with E-state index in [0.29, 0.717) is 5.92 Å². The number of benzene rings is 1. The minimum absolute atomic E-state index is 0.461. The van der Waals surface area contributed by atoms with E-state index in [2.05, 4.69) is 36.4 Å². The Labute approximate surface area is 132 Å². The van der Waals surface area contributed by atoms with E-state index in [4.69, 9.17) is 10.2 Å². The fourth-order valence-electron chi connectivity index (χ4n) is 3.20. The van der Waals surface area contributed by atoms with Crippen LogP contribution in [-0.4, -0.2) is 21.0 Å². The number of nitrogens with zero attached hydrogens (tertiary/aromatic N) is 4. The molecule has 2 heterocycles. The molecule has 0 aliphatic carbocycles. The maximum Gasteiger partial charge on any atom is 0.111 e. The van der Waals surface area contributed by atoms with Crippen molar-refractivity contribution in [3.8, 4) is 6.07 Å². The molecule has 22 heavy (non-hydrogen) atoms. The molecular formula is C18H22N4. The lowest BCUT2D eigenvalue weighted by molar-refractivity contribution is 0.240. The van der Waals surface area contributed by atoms with Crippen LogP contribution in [0.2, 0.25) is 0 Å². The van der Waals surface area contributed by atoms with Gasteiger partial charge in [-0.15, -0.1) is 0 Å². The summed E-state index contributed by atoms with van der Waals surface area (Å²) in [6.45, 7) is 7.28. The van der Waals surface area contributed by atoms with Gasteiger partial charge in [-0.2, -0.15) is 5.26 Å². The lowest BCUT2D eigenvalue weighted by Crippen LogP contribution is -2.30. The second-order valence-corrected chi connectivity index (χ2v) is 6.35. The fourth-order valence-corrected chi connectivity index (χ4v) is 3.20. The highest BCUT2D eigenvalue weighted by atomic mass is 15.2. The van der Waals surface area contributed by atoms with Crippen LogP contribution in [0.3, 0.4) is 0 Å². The van der Waals surface area contributed by atoms with Gasteiger partial charge in [-0.05, 0) is 17.7 Å². The summed E-state index contributed by atoms with van der Waals surface area (Å²) in [5, 5.41) is 8.86. The van der Waals surface area contributed by atoms with Gasteiger partial charge in [0.15, 0.2) is 0 Å². The van der Waals surface area contributed by atoms with E-state index in [1.165, 1.54) is 22.8 Å². The van der Waals surface area contributed by atoms with Crippen LogP contribution in [-0.2, 0) is 26.6 Å². The molecule has 4 heteroatoms. The van der Waals surface area contributed by atoms with Crippen LogP contribution in [0.25, 0.3) is 0 Å². The van der Waals surface area contributed by atoms with E-state index in [1.807, 2.05) is 24.3 Å². The number of fused-ring (bicyclic) bond motifs is 1. The van der Waals surface area contributed by atoms with Crippen molar-refractivity contribution in [3.05, 3.63) is 52.6 Å². The van der Waals surface area contributed by atoms with Crippen LogP contribution in [0.5, 0.6) is 0 Å². The minimum atomic E-state index is 0.461. The van der Waals surface area contributed by atoms with Gasteiger partial charge in [0.25, 0.3) is 0 Å². The Bertz CT molecular complexity index is 704. The Morgan fingerprint density at radius 1 is 1.27 bits per heavy atom. The molecule has 1 aliphatic rings. The van der Waals surface area contributed by atoms with Gasteiger partial charge in [0, 0.05) is 44.7 Å². The van der Waals surface area contributed by atoms with Crippen LogP contribution < -0.4 is 0 Å². The summed E-state index contributed by atoms with van der Waals surface area (Å²) in [6.07, 6.45) is 1.06. The summed E-state index contributed by atoms with van der Waals surface area (Å²) < 4.78 is 2.28. The van der Waals surface area contributed by atoms with Gasteiger partial charge in [0.2, 0.25) is 0 Å². The molecule has 0 bridgehead atoms. The van der Waals surface area contributed by atoms with Crippen molar-refractivity contribution < 1.29 is 0 Å². The average molecular weight is 294 g/mol. The van der Waals surface area contributed by atoms with Crippen molar-refractivity contribution in [3.63, 3.8) is 0 Å². The summed E-state index contributed by atoms with van der Waals surface area (Å²) in [6, 6.07) is 10.0. The second-order valence-electron chi connectivity index (χ2n) is 6.35. The third-order valence-corrected chi connectivity index (χ3v) is 4.37. The number of hydrogen-bond acceptors (Lipinski definition) is 3. The highest BCUT2D eigenvalue weighted by Crippen LogP contribution is 2.24. The normalized spacial score (nSPS) is 14.9. The molecule has 0 amide bonds. The zero-order valence-electron chi connectivity index (χ0n) is 13.5. The summed E-state index contributed by atoms with van der Waals surface area (Å²) in [7, 11) is 2.14. The Hall–Kier alpha value is -2.12. The van der Waals surface area contributed by atoms with Crippen LogP contribution in [0.1, 0.15) is 48.1 Å². The molecule has 0 N–H and O–H groups in total. The number of nitriles is 1. The number of aromatic nitrogens is 2. The fraction of sp³-hybridized carbons (Fsp3) is 0.444. The second kappa shape index (κ2) is 5.94. The predicted octanol–water partition coefficient (Wildman–Crippen LogP) is 2.97. The zero-order chi connectivity index (χ0) is 15.7. The Kier molecular flexibility index (Phi) is 4.00. The highest BCUT2D eigenvalue weighted by molar-refractivity contribution is 5.31. The first-order valence-electron chi connectivity index (χ1n) is 7.84. The molecular weight excluding hydrogens is 272 g/mol. The molecule has 1 aromatic heterocycles. The van der Waals surface area contributed by atoms with Crippen molar-refractivity contribution in [1.29, 1.82) is 5.26 Å². The number of imidazole rings is 1. The molecule has 114 valence electrons. The van der Waals surface area contributed by atoms with E-state index in [-0.39, 0.29) is 0 Å². The van der Waals surface area contributed by atoms with Crippen molar-refractivity contribution in [2.75, 3.05) is 6.54 Å². The van der Waals surface area contributed by atoms with Crippen LogP contribution in [0.15, 0.2) is 24.3 Å². The van der Waals surface area contributed by atoms with Crippen LogP contribution in [0.4, 0.5) is 0 Å². The largest absolute Gasteiger partial charge is 0.335 e. The van der Waals surface area contributed by atoms with Crippen molar-refractivity contribution in [2.24, 2.45) is 7.05 Å². The predicted molar refractivity (Wildman–Crippen MR) is 86.3 cm³/mol. The standard InChI is InChI=1S/C18H22N4/c1-13(2)18-20-16-12-22(9-8-17(16)21(18)3)11-15-6-4-14(10-19)5-7-15/h4-7,13H,8-9,11-12H2,1-3H3. The van der Waals surface area contributed by atoms with E-state index < -0.39 is 0 Å². The van der Waals surface area contributed by atoms with Gasteiger partial charge in [-0.3, -0.25) is 4.90 Å². The maximum atomic E-state index is 8.86. The Balaban J connectivity index is 1.74. The molecule has 2 aromatic rings. The molecule has 0 spiro atoms. The van der Waals surface area contributed by atoms with E-state index in [1.54, 1.807) is 0 Å². The average Bonchev–Trinajstić information content (AvgIpc) is 2.85. The van der Waals surface area contributed by atoms with Gasteiger partial charge >= 0.3 is 0 Å². The molecule has 4 nitrogen and oxygen atoms in total. The summed E-state index contributed by atoms with van der Waals surface area (Å²) in [4.78, 5) is 7.28. The zero-order valence-corrected chi connectivity index (χ0v) is 13.5. The Morgan fingerprint density at radius 3 is 2.64 bits per heavy atom. The molecule has 1 aliphatic heterocycles. The minimum Gasteiger partial charge on any atom is -0.335 e. The van der Waals surface area contributed by atoms with Gasteiger partial charge in [-0.25, -0.2) is 4.98 Å². The summed E-state index contributed by atoms with van der Waals surface area (Å²) in [5.41, 5.74) is 4.59. The van der Waals surface area contributed by atoms with Crippen molar-refractivity contribution in [1.82, 2.24) is 14.5 Å². The van der Waals surface area contributed by atoms with Gasteiger partial charge in [-0.1, -0.05) is 26.0 Å². The van der Waals surface area contributed by atoms with E-state index >= 15 is 0 Å². The molecule has 0 saturated carbocycles. The van der Waals surface area contributed by atoms with E-state index in [9.17, 15) is 0 Å². The first-order valence-corrected chi connectivity index (χ1v) is 7.84. The molecule has 3 rings (SSSR count). The van der Waals surface area contributed by atoms with Gasteiger partial charge in [0.05, 0.1) is 17.3 Å². The van der Waals surface area contributed by atoms with Crippen LogP contribution >= 0.6 is 0 Å². The third-order valence-electron chi connectivity index (χ3n) is 4.37. The van der Waals surface area contributed by atoms with Crippen molar-refractivity contribution >= 4 is 0 Å². The lowest BCUT2D eigenvalue weighted by atomic mass is 10.1. The van der Waals surface area contributed by atoms with Crippen LogP contribution in [0, 0.1) is 11.3 Å². The van der Waals surface area contributed by atoms with Crippen molar-refractivity contribution in [2.45, 2.75) is 39.3 Å². The first kappa shape index (κ1) is 14.8. The monoisotopic (exact) mass is 294 g/mol. The Morgan fingerprint density at radius 2 is 2.00 bits per heavy atom. The smallest absolute Gasteiger partial charge is 0.111 e. The quantitative estimate of drug-likeness (QED) is 0.874. The summed E-state index contributed by atoms with van der Waals surface area (Å²) >= 11 is 0. The highest BCUT2D eigenvalue weighted by Gasteiger charge is 2.23. The molecule has 0 fully saturated rings. The van der Waals surface area contributed by atoms with Gasteiger partial charge < -0.3 is 4.57 Å². The first-order chi connectivity index (χ1) is 10.6.